The molecule has 1 atom stereocenters. The molecule has 0 spiro atoms. The molecule has 1 fully saturated rings. The van der Waals surface area contributed by atoms with Gasteiger partial charge in [-0.05, 0) is 46.2 Å². The van der Waals surface area contributed by atoms with Crippen molar-refractivity contribution >= 4 is 0 Å². The lowest BCUT2D eigenvalue weighted by molar-refractivity contribution is -0.0715. The van der Waals surface area contributed by atoms with Gasteiger partial charge < -0.3 is 10.1 Å². The van der Waals surface area contributed by atoms with Gasteiger partial charge in [-0.1, -0.05) is 0 Å². The van der Waals surface area contributed by atoms with Gasteiger partial charge in [0.2, 0.25) is 0 Å². The highest BCUT2D eigenvalue weighted by Crippen LogP contribution is 2.27. The molecular weight excluding hydrogens is 138 g/mol. The quantitative estimate of drug-likeness (QED) is 0.654. The zero-order chi connectivity index (χ0) is 8.32. The summed E-state index contributed by atoms with van der Waals surface area (Å²) in [5, 5.41) is 3.22. The topological polar surface area (TPSA) is 21.3 Å². The summed E-state index contributed by atoms with van der Waals surface area (Å²) in [4.78, 5) is 0. The van der Waals surface area contributed by atoms with Gasteiger partial charge in [-0.2, -0.15) is 0 Å². The smallest absolute Gasteiger partial charge is 0.0629 e. The van der Waals surface area contributed by atoms with Gasteiger partial charge in [-0.3, -0.25) is 0 Å². The number of rotatable bonds is 2. The van der Waals surface area contributed by atoms with Crippen molar-refractivity contribution in [2.45, 2.75) is 32.3 Å². The van der Waals surface area contributed by atoms with Gasteiger partial charge >= 0.3 is 0 Å². The van der Waals surface area contributed by atoms with E-state index in [1.807, 2.05) is 7.05 Å². The first-order chi connectivity index (χ1) is 5.14. The average molecular weight is 157 g/mol. The third-order valence-electron chi connectivity index (χ3n) is 2.29. The summed E-state index contributed by atoms with van der Waals surface area (Å²) >= 11 is 0. The van der Waals surface area contributed by atoms with Gasteiger partial charge in [-0.25, -0.2) is 0 Å². The predicted molar refractivity (Wildman–Crippen MR) is 46.7 cm³/mol. The molecule has 1 N–H and O–H groups in total. The molecule has 0 aromatic heterocycles. The second kappa shape index (κ2) is 3.55. The lowest BCUT2D eigenvalue weighted by Gasteiger charge is -2.35. The molecule has 0 aliphatic carbocycles. The van der Waals surface area contributed by atoms with Crippen molar-refractivity contribution in [3.05, 3.63) is 0 Å². The summed E-state index contributed by atoms with van der Waals surface area (Å²) in [5.41, 5.74) is 0.111. The van der Waals surface area contributed by atoms with Crippen molar-refractivity contribution in [3.8, 4) is 0 Å². The van der Waals surface area contributed by atoms with Crippen LogP contribution in [0.3, 0.4) is 0 Å². The van der Waals surface area contributed by atoms with Crippen LogP contribution in [-0.4, -0.2) is 25.8 Å². The lowest BCUT2D eigenvalue weighted by atomic mass is 9.88. The Balaban J connectivity index is 2.34. The van der Waals surface area contributed by atoms with Gasteiger partial charge in [0.25, 0.3) is 0 Å². The second-order valence-electron chi connectivity index (χ2n) is 4.02. The minimum Gasteiger partial charge on any atom is -0.376 e. The first-order valence-electron chi connectivity index (χ1n) is 4.42. The van der Waals surface area contributed by atoms with Gasteiger partial charge in [0, 0.05) is 6.61 Å². The largest absolute Gasteiger partial charge is 0.376 e. The van der Waals surface area contributed by atoms with E-state index < -0.39 is 0 Å². The second-order valence-corrected chi connectivity index (χ2v) is 4.02. The Bertz CT molecular complexity index is 121. The van der Waals surface area contributed by atoms with E-state index in [2.05, 4.69) is 19.2 Å². The zero-order valence-corrected chi connectivity index (χ0v) is 7.81. The van der Waals surface area contributed by atoms with Crippen molar-refractivity contribution in [1.29, 1.82) is 0 Å². The minimum atomic E-state index is 0.111. The third kappa shape index (κ3) is 2.80. The molecule has 11 heavy (non-hydrogen) atoms. The lowest BCUT2D eigenvalue weighted by Crippen LogP contribution is -2.37. The Kier molecular flexibility index (Phi) is 2.90. The molecule has 0 aromatic rings. The highest BCUT2D eigenvalue weighted by molar-refractivity contribution is 4.79. The summed E-state index contributed by atoms with van der Waals surface area (Å²) in [6.07, 6.45) is 2.40. The molecule has 2 nitrogen and oxygen atoms in total. The molecule has 0 aromatic carbocycles. The van der Waals surface area contributed by atoms with Crippen molar-refractivity contribution in [2.75, 3.05) is 20.2 Å². The molecule has 66 valence electrons. The summed E-state index contributed by atoms with van der Waals surface area (Å²) in [6, 6.07) is 0. The van der Waals surface area contributed by atoms with Crippen LogP contribution in [0.5, 0.6) is 0 Å². The van der Waals surface area contributed by atoms with Crippen molar-refractivity contribution in [3.63, 3.8) is 0 Å². The van der Waals surface area contributed by atoms with E-state index in [1.165, 1.54) is 12.8 Å². The first kappa shape index (κ1) is 9.01. The maximum atomic E-state index is 5.61. The van der Waals surface area contributed by atoms with Crippen LogP contribution < -0.4 is 5.32 Å². The first-order valence-corrected chi connectivity index (χ1v) is 4.42. The van der Waals surface area contributed by atoms with Gasteiger partial charge in [-0.15, -0.1) is 0 Å². The number of nitrogens with one attached hydrogen (secondary N) is 1. The highest BCUT2D eigenvalue weighted by Gasteiger charge is 2.27. The van der Waals surface area contributed by atoms with Crippen LogP contribution in [0.25, 0.3) is 0 Å². The molecule has 0 radical (unpaired) electrons. The van der Waals surface area contributed by atoms with E-state index >= 15 is 0 Å². The summed E-state index contributed by atoms with van der Waals surface area (Å²) in [6.45, 7) is 6.41. The molecule has 0 unspecified atom stereocenters. The Morgan fingerprint density at radius 2 is 2.27 bits per heavy atom. The van der Waals surface area contributed by atoms with Gasteiger partial charge in [0.05, 0.1) is 5.60 Å². The maximum Gasteiger partial charge on any atom is 0.0629 e. The summed E-state index contributed by atoms with van der Waals surface area (Å²) in [7, 11) is 2.02. The van der Waals surface area contributed by atoms with Crippen LogP contribution in [0.4, 0.5) is 0 Å². The Morgan fingerprint density at radius 3 is 2.82 bits per heavy atom. The van der Waals surface area contributed by atoms with Crippen LogP contribution in [0.15, 0.2) is 0 Å². The highest BCUT2D eigenvalue weighted by atomic mass is 16.5. The SMILES string of the molecule is CNC[C@@H]1CCOC(C)(C)C1. The third-order valence-corrected chi connectivity index (χ3v) is 2.29. The molecule has 2 heteroatoms. The number of hydrogen-bond donors (Lipinski definition) is 1. The molecule has 1 saturated heterocycles. The molecule has 0 bridgehead atoms. The van der Waals surface area contributed by atoms with Gasteiger partial charge in [0.1, 0.15) is 0 Å². The minimum absolute atomic E-state index is 0.111. The van der Waals surface area contributed by atoms with Gasteiger partial charge in [0.15, 0.2) is 0 Å². The zero-order valence-electron chi connectivity index (χ0n) is 7.81. The summed E-state index contributed by atoms with van der Waals surface area (Å²) in [5.74, 6) is 0.809. The number of hydrogen-bond acceptors (Lipinski definition) is 2. The number of ether oxygens (including phenoxy) is 1. The van der Waals surface area contributed by atoms with Crippen LogP contribution in [0.1, 0.15) is 26.7 Å². The Labute approximate surface area is 69.3 Å². The maximum absolute atomic E-state index is 5.61. The van der Waals surface area contributed by atoms with Crippen molar-refractivity contribution < 1.29 is 4.74 Å². The molecule has 1 aliphatic rings. The van der Waals surface area contributed by atoms with Crippen LogP contribution in [0.2, 0.25) is 0 Å². The predicted octanol–water partition coefficient (Wildman–Crippen LogP) is 1.41. The fourth-order valence-corrected chi connectivity index (χ4v) is 1.82. The fraction of sp³-hybridized carbons (Fsp3) is 1.00. The Morgan fingerprint density at radius 1 is 1.55 bits per heavy atom. The molecule has 1 aliphatic heterocycles. The standard InChI is InChI=1S/C9H19NO/c1-9(2)6-8(7-10-3)4-5-11-9/h8,10H,4-7H2,1-3H3/t8-/m1/s1. The summed E-state index contributed by atoms with van der Waals surface area (Å²) < 4.78 is 5.61. The van der Waals surface area contributed by atoms with Crippen LogP contribution in [-0.2, 0) is 4.74 Å². The van der Waals surface area contributed by atoms with E-state index in [9.17, 15) is 0 Å². The molecular formula is C9H19NO. The van der Waals surface area contributed by atoms with E-state index in [0.717, 1.165) is 19.1 Å². The normalized spacial score (nSPS) is 30.3. The molecule has 0 saturated carbocycles. The fourth-order valence-electron chi connectivity index (χ4n) is 1.82. The monoisotopic (exact) mass is 157 g/mol. The van der Waals surface area contributed by atoms with Crippen molar-refractivity contribution in [1.82, 2.24) is 5.32 Å². The average Bonchev–Trinajstić information content (AvgIpc) is 1.85. The van der Waals surface area contributed by atoms with E-state index in [1.54, 1.807) is 0 Å². The van der Waals surface area contributed by atoms with Crippen LogP contribution >= 0.6 is 0 Å². The molecule has 1 rings (SSSR count). The van der Waals surface area contributed by atoms with Crippen molar-refractivity contribution in [2.24, 2.45) is 5.92 Å². The molecule has 1 heterocycles. The van der Waals surface area contributed by atoms with Crippen LogP contribution in [0, 0.1) is 5.92 Å². The van der Waals surface area contributed by atoms with E-state index in [4.69, 9.17) is 4.74 Å². The Hall–Kier alpha value is -0.0800. The molecule has 0 amide bonds. The van der Waals surface area contributed by atoms with E-state index in [0.29, 0.717) is 0 Å². The van der Waals surface area contributed by atoms with E-state index in [-0.39, 0.29) is 5.60 Å².